The molecular weight excluding hydrogens is 1020 g/mol. The van der Waals surface area contributed by atoms with Gasteiger partial charge in [0.2, 0.25) is 0 Å². The molecule has 3 saturated heterocycles. The van der Waals surface area contributed by atoms with Gasteiger partial charge in [-0.15, -0.1) is 0 Å². The molecule has 5 heterocycles. The van der Waals surface area contributed by atoms with Crippen molar-refractivity contribution >= 4 is 56.8 Å². The Balaban J connectivity index is 0.000000167. The molecule has 81 heavy (non-hydrogen) atoms. The van der Waals surface area contributed by atoms with E-state index in [-0.39, 0.29) is 23.6 Å². The van der Waals surface area contributed by atoms with Gasteiger partial charge in [0, 0.05) is 72.5 Å². The maximum absolute atomic E-state index is 12.6. The largest absolute Gasteiger partial charge is 0.490 e. The SMILES string of the molecule is Cc1ccc(NC(=O)Nc2cc3ccc(OC4CCN(C)CC4)c(C)c3oc2=O)c(C)c1.Cc1ccc(NC(=O)Nc2cc3ccc(OC4CCN(C)CC4)c(C)c3oc2=O)cc1C.Cc1ccc(OC2CCN(C)CC2)c(C)c1C. The van der Waals surface area contributed by atoms with E-state index in [1.165, 1.54) is 16.7 Å². The molecule has 4 amide bonds. The highest BCUT2D eigenvalue weighted by Crippen LogP contribution is 2.33. The van der Waals surface area contributed by atoms with Crippen molar-refractivity contribution in [3.05, 3.63) is 156 Å². The van der Waals surface area contributed by atoms with Gasteiger partial charge in [0.1, 0.15) is 58.1 Å². The number of benzene rings is 5. The van der Waals surface area contributed by atoms with Gasteiger partial charge in [-0.25, -0.2) is 19.2 Å². The molecule has 3 fully saturated rings. The van der Waals surface area contributed by atoms with Gasteiger partial charge >= 0.3 is 23.3 Å². The Kier molecular flexibility index (Phi) is 19.6. The third kappa shape index (κ3) is 15.6. The van der Waals surface area contributed by atoms with Gasteiger partial charge in [0.15, 0.2) is 0 Å². The van der Waals surface area contributed by atoms with Gasteiger partial charge in [-0.2, -0.15) is 0 Å². The number of amides is 4. The van der Waals surface area contributed by atoms with Crippen LogP contribution >= 0.6 is 0 Å². The molecule has 16 nitrogen and oxygen atoms in total. The van der Waals surface area contributed by atoms with Crippen molar-refractivity contribution in [2.75, 3.05) is 81.7 Å². The summed E-state index contributed by atoms with van der Waals surface area (Å²) in [7, 11) is 6.40. The number of fused-ring (bicyclic) bond motifs is 2. The highest BCUT2D eigenvalue weighted by molar-refractivity contribution is 6.02. The van der Waals surface area contributed by atoms with Crippen LogP contribution in [0.1, 0.15) is 88.6 Å². The second-order valence-corrected chi connectivity index (χ2v) is 22.4. The Morgan fingerprint density at radius 2 is 0.827 bits per heavy atom. The Hall–Kier alpha value is -7.66. The molecule has 5 aromatic carbocycles. The third-order valence-electron chi connectivity index (χ3n) is 16.0. The van der Waals surface area contributed by atoms with Crippen LogP contribution in [-0.4, -0.2) is 105 Å². The Labute approximate surface area is 476 Å². The molecule has 0 saturated carbocycles. The number of nitrogens with one attached hydrogen (secondary N) is 4. The van der Waals surface area contributed by atoms with E-state index in [9.17, 15) is 19.2 Å². The van der Waals surface area contributed by atoms with Gasteiger partial charge in [-0.1, -0.05) is 29.8 Å². The first-order chi connectivity index (χ1) is 38.7. The third-order valence-corrected chi connectivity index (χ3v) is 16.0. The van der Waals surface area contributed by atoms with Crippen LogP contribution in [0.4, 0.5) is 32.3 Å². The summed E-state index contributed by atoms with van der Waals surface area (Å²) in [5, 5.41) is 12.2. The van der Waals surface area contributed by atoms with Crippen molar-refractivity contribution < 1.29 is 32.6 Å². The first-order valence-electron chi connectivity index (χ1n) is 28.3. The highest BCUT2D eigenvalue weighted by Gasteiger charge is 2.23. The summed E-state index contributed by atoms with van der Waals surface area (Å²) in [6.45, 7) is 24.5. The number of aryl methyl sites for hydroxylation is 7. The lowest BCUT2D eigenvalue weighted by Gasteiger charge is -2.30. The number of carbonyl (C=O) groups excluding carboxylic acids is 2. The summed E-state index contributed by atoms with van der Waals surface area (Å²) in [4.78, 5) is 56.9. The molecule has 0 radical (unpaired) electrons. The zero-order valence-corrected chi connectivity index (χ0v) is 49.3. The van der Waals surface area contributed by atoms with E-state index in [1.807, 2.05) is 102 Å². The number of nitrogens with zero attached hydrogens (tertiary/aromatic N) is 3. The van der Waals surface area contributed by atoms with E-state index in [4.69, 9.17) is 23.0 Å². The van der Waals surface area contributed by atoms with E-state index in [2.05, 4.69) is 90.0 Å². The van der Waals surface area contributed by atoms with Crippen LogP contribution in [0, 0.1) is 62.3 Å². The molecule has 3 aliphatic heterocycles. The Bertz CT molecular complexity index is 3490. The number of piperidine rings is 3. The molecule has 10 rings (SSSR count). The number of hydrogen-bond acceptors (Lipinski definition) is 12. The average Bonchev–Trinajstić information content (AvgIpc) is 3.57. The fraction of sp³-hybridized carbons (Fsp3) is 0.415. The van der Waals surface area contributed by atoms with E-state index >= 15 is 0 Å². The second kappa shape index (κ2) is 26.7. The lowest BCUT2D eigenvalue weighted by molar-refractivity contribution is 0.113. The number of likely N-dealkylation sites (tertiary alicyclic amines) is 3. The second-order valence-electron chi connectivity index (χ2n) is 22.4. The number of rotatable bonds is 10. The van der Waals surface area contributed by atoms with Crippen molar-refractivity contribution in [1.82, 2.24) is 14.7 Å². The lowest BCUT2D eigenvalue weighted by atomic mass is 10.0. The highest BCUT2D eigenvalue weighted by atomic mass is 16.5. The number of ether oxygens (including phenoxy) is 3. The van der Waals surface area contributed by atoms with Crippen LogP contribution in [-0.2, 0) is 0 Å². The van der Waals surface area contributed by atoms with Crippen molar-refractivity contribution in [2.45, 2.75) is 119 Å². The fourth-order valence-corrected chi connectivity index (χ4v) is 10.3. The molecule has 0 bridgehead atoms. The smallest absolute Gasteiger partial charge is 0.360 e. The predicted octanol–water partition coefficient (Wildman–Crippen LogP) is 12.8. The summed E-state index contributed by atoms with van der Waals surface area (Å²) in [5.41, 5.74) is 11.1. The lowest BCUT2D eigenvalue weighted by Crippen LogP contribution is -2.35. The van der Waals surface area contributed by atoms with Crippen molar-refractivity contribution in [1.29, 1.82) is 0 Å². The summed E-state index contributed by atoms with van der Waals surface area (Å²) in [6, 6.07) is 25.4. The molecule has 0 spiro atoms. The molecule has 2 aromatic heterocycles. The minimum Gasteiger partial charge on any atom is -0.490 e. The maximum Gasteiger partial charge on any atom is 0.360 e. The molecule has 16 heteroatoms. The van der Waals surface area contributed by atoms with Crippen LogP contribution in [0.15, 0.2) is 103 Å². The van der Waals surface area contributed by atoms with Crippen LogP contribution in [0.25, 0.3) is 21.9 Å². The summed E-state index contributed by atoms with van der Waals surface area (Å²) < 4.78 is 29.7. The number of hydrogen-bond donors (Lipinski definition) is 4. The Morgan fingerprint density at radius 1 is 0.420 bits per heavy atom. The average molecular weight is 1100 g/mol. The standard InChI is InChI=1S/2C25H29N3O4.C15H23NO/c1-15-5-7-19(13-16(15)2)26-25(30)27-21-14-18-6-8-22(17(3)23(18)32-24(21)29)31-20-9-11-28(4)12-10-20;1-15-5-7-20(16(2)13-15)26-25(30)27-21-14-18-6-8-22(17(3)23(18)32-24(21)29)31-19-9-11-28(4)12-10-19;1-11-5-6-15(13(3)12(11)2)17-14-7-9-16(4)10-8-14/h5-8,13-14,20H,9-12H2,1-4H3,(H2,26,27,30);5-8,13-14,19H,9-12H2,1-4H3,(H2,26,27,30);5-6,14H,7-10H2,1-4H3. The van der Waals surface area contributed by atoms with Gasteiger partial charge in [0.25, 0.3) is 0 Å². The predicted molar refractivity (Wildman–Crippen MR) is 326 cm³/mol. The molecule has 7 aromatic rings. The van der Waals surface area contributed by atoms with Crippen LogP contribution < -0.4 is 46.7 Å². The van der Waals surface area contributed by atoms with Crippen LogP contribution in [0.3, 0.4) is 0 Å². The molecule has 0 aliphatic carbocycles. The topological polar surface area (TPSA) is 180 Å². The van der Waals surface area contributed by atoms with Crippen molar-refractivity contribution in [2.24, 2.45) is 0 Å². The number of urea groups is 2. The molecule has 0 atom stereocenters. The normalized spacial score (nSPS) is 15.7. The molecule has 3 aliphatic rings. The van der Waals surface area contributed by atoms with E-state index < -0.39 is 23.3 Å². The monoisotopic (exact) mass is 1100 g/mol. The zero-order valence-electron chi connectivity index (χ0n) is 49.3. The van der Waals surface area contributed by atoms with E-state index in [1.54, 1.807) is 12.1 Å². The number of carbonyl (C=O) groups is 2. The first-order valence-corrected chi connectivity index (χ1v) is 28.3. The molecule has 430 valence electrons. The summed E-state index contributed by atoms with van der Waals surface area (Å²) >= 11 is 0. The fourth-order valence-electron chi connectivity index (χ4n) is 10.3. The molecular formula is C65H81N7O9. The van der Waals surface area contributed by atoms with Crippen LogP contribution in [0.2, 0.25) is 0 Å². The van der Waals surface area contributed by atoms with Crippen LogP contribution in [0.5, 0.6) is 17.2 Å². The van der Waals surface area contributed by atoms with Crippen molar-refractivity contribution in [3.63, 3.8) is 0 Å². The zero-order chi connectivity index (χ0) is 58.1. The first kappa shape index (κ1) is 59.5. The summed E-state index contributed by atoms with van der Waals surface area (Å²) in [6.07, 6.45) is 6.87. The van der Waals surface area contributed by atoms with Gasteiger partial charge in [-0.3, -0.25) is 0 Å². The molecule has 4 N–H and O–H groups in total. The Morgan fingerprint density at radius 3 is 1.27 bits per heavy atom. The summed E-state index contributed by atoms with van der Waals surface area (Å²) in [5.74, 6) is 2.52. The molecule has 0 unspecified atom stereocenters. The minimum absolute atomic E-state index is 0.0854. The van der Waals surface area contributed by atoms with Crippen molar-refractivity contribution in [3.8, 4) is 17.2 Å². The van der Waals surface area contributed by atoms with E-state index in [0.717, 1.165) is 139 Å². The van der Waals surface area contributed by atoms with Gasteiger partial charge in [0.05, 0.1) is 0 Å². The van der Waals surface area contributed by atoms with E-state index in [0.29, 0.717) is 28.6 Å². The maximum atomic E-state index is 12.6. The quantitative estimate of drug-likeness (QED) is 0.0954. The minimum atomic E-state index is -0.604. The van der Waals surface area contributed by atoms with Gasteiger partial charge in [-0.05, 0) is 216 Å². The number of anilines is 4. The van der Waals surface area contributed by atoms with Gasteiger partial charge < -0.3 is 59.0 Å².